The standard InChI is InChI=1S/C27H40N6O5S/c1-3-38-24(34)18-33(21-9-4-5-10-21)26(35)22(11-7-13-28-27-29-14-15-30-27)32-39(36,37)23-12-6-8-20-16-19(2)17-31-25(20)23/h6,8,12,14-15,19,21-22,31-32H,3-5,7,9-11,13,16-18H2,1-2H3,(H2,28,29,30)/t19?,22-/m0/s1. The normalized spacial score (nSPS) is 18.2. The second kappa shape index (κ2) is 13.3. The number of ether oxygens (including phenoxy) is 1. The third kappa shape index (κ3) is 7.51. The summed E-state index contributed by atoms with van der Waals surface area (Å²) in [5, 5.41) is 6.41. The smallest absolute Gasteiger partial charge is 0.325 e. The average molecular weight is 561 g/mol. The molecule has 1 aliphatic carbocycles. The van der Waals surface area contributed by atoms with E-state index in [0.717, 1.165) is 37.7 Å². The number of sulfonamides is 1. The van der Waals surface area contributed by atoms with Gasteiger partial charge in [-0.15, -0.1) is 0 Å². The largest absolute Gasteiger partial charge is 0.465 e. The molecule has 1 aromatic carbocycles. The maximum atomic E-state index is 14.0. The molecule has 2 aromatic rings. The molecular weight excluding hydrogens is 520 g/mol. The summed E-state index contributed by atoms with van der Waals surface area (Å²) >= 11 is 0. The summed E-state index contributed by atoms with van der Waals surface area (Å²) < 4.78 is 35.3. The number of esters is 1. The van der Waals surface area contributed by atoms with Gasteiger partial charge in [-0.1, -0.05) is 31.9 Å². The van der Waals surface area contributed by atoms with Crippen LogP contribution in [0.4, 0.5) is 11.6 Å². The number of H-pyrrole nitrogens is 1. The first kappa shape index (κ1) is 28.9. The maximum Gasteiger partial charge on any atom is 0.325 e. The van der Waals surface area contributed by atoms with Crippen molar-refractivity contribution in [3.05, 3.63) is 36.2 Å². The van der Waals surface area contributed by atoms with Gasteiger partial charge in [-0.05, 0) is 56.6 Å². The number of aromatic nitrogens is 2. The zero-order valence-electron chi connectivity index (χ0n) is 22.7. The van der Waals surface area contributed by atoms with Crippen molar-refractivity contribution < 1.29 is 22.7 Å². The van der Waals surface area contributed by atoms with Crippen LogP contribution < -0.4 is 15.4 Å². The highest BCUT2D eigenvalue weighted by molar-refractivity contribution is 7.89. The van der Waals surface area contributed by atoms with Gasteiger partial charge < -0.3 is 25.3 Å². The number of para-hydroxylation sites is 1. The molecule has 2 heterocycles. The predicted molar refractivity (Wildman–Crippen MR) is 149 cm³/mol. The molecule has 11 nitrogen and oxygen atoms in total. The molecule has 1 unspecified atom stereocenters. The molecule has 12 heteroatoms. The fraction of sp³-hybridized carbons (Fsp3) is 0.593. The Morgan fingerprint density at radius 1 is 1.26 bits per heavy atom. The van der Waals surface area contributed by atoms with Crippen LogP contribution in [0.1, 0.15) is 57.9 Å². The Morgan fingerprint density at radius 3 is 2.77 bits per heavy atom. The molecule has 0 bridgehead atoms. The lowest BCUT2D eigenvalue weighted by Crippen LogP contribution is -2.53. The fourth-order valence-corrected chi connectivity index (χ4v) is 6.85. The van der Waals surface area contributed by atoms with Gasteiger partial charge in [0, 0.05) is 31.5 Å². The van der Waals surface area contributed by atoms with Crippen molar-refractivity contribution in [3.8, 4) is 0 Å². The summed E-state index contributed by atoms with van der Waals surface area (Å²) in [6.07, 6.45) is 8.33. The van der Waals surface area contributed by atoms with Gasteiger partial charge in [0.05, 0.1) is 12.3 Å². The van der Waals surface area contributed by atoms with Gasteiger partial charge in [-0.25, -0.2) is 13.4 Å². The van der Waals surface area contributed by atoms with Crippen LogP contribution in [0.5, 0.6) is 0 Å². The molecule has 1 amide bonds. The molecule has 0 radical (unpaired) electrons. The maximum absolute atomic E-state index is 14.0. The number of nitrogens with zero attached hydrogens (tertiary/aromatic N) is 2. The average Bonchev–Trinajstić information content (AvgIpc) is 3.63. The number of rotatable bonds is 13. The summed E-state index contributed by atoms with van der Waals surface area (Å²) in [7, 11) is -4.05. The minimum atomic E-state index is -4.05. The first-order chi connectivity index (χ1) is 18.8. The number of benzene rings is 1. The Labute approximate surface area is 230 Å². The minimum Gasteiger partial charge on any atom is -0.465 e. The minimum absolute atomic E-state index is 0.122. The first-order valence-electron chi connectivity index (χ1n) is 13.9. The van der Waals surface area contributed by atoms with Crippen molar-refractivity contribution in [2.24, 2.45) is 5.92 Å². The number of anilines is 2. The van der Waals surface area contributed by atoms with E-state index >= 15 is 0 Å². The van der Waals surface area contributed by atoms with E-state index in [1.54, 1.807) is 31.5 Å². The third-order valence-corrected chi connectivity index (χ3v) is 8.82. The fourth-order valence-electron chi connectivity index (χ4n) is 5.40. The number of aromatic amines is 1. The van der Waals surface area contributed by atoms with E-state index in [-0.39, 0.29) is 30.5 Å². The molecule has 1 aromatic heterocycles. The lowest BCUT2D eigenvalue weighted by atomic mass is 9.96. The summed E-state index contributed by atoms with van der Waals surface area (Å²) in [6.45, 7) is 5.01. The summed E-state index contributed by atoms with van der Waals surface area (Å²) in [6, 6.07) is 4.08. The molecule has 4 rings (SSSR count). The van der Waals surface area contributed by atoms with Crippen LogP contribution in [0, 0.1) is 5.92 Å². The lowest BCUT2D eigenvalue weighted by Gasteiger charge is -2.32. The van der Waals surface area contributed by atoms with Crippen LogP contribution in [-0.2, 0) is 30.8 Å². The van der Waals surface area contributed by atoms with Crippen LogP contribution in [0.25, 0.3) is 0 Å². The van der Waals surface area contributed by atoms with Gasteiger partial charge >= 0.3 is 5.97 Å². The van der Waals surface area contributed by atoms with Crippen molar-refractivity contribution >= 4 is 33.5 Å². The second-order valence-electron chi connectivity index (χ2n) is 10.4. The van der Waals surface area contributed by atoms with Crippen molar-refractivity contribution in [1.82, 2.24) is 19.6 Å². The predicted octanol–water partition coefficient (Wildman–Crippen LogP) is 2.89. The van der Waals surface area contributed by atoms with E-state index in [0.29, 0.717) is 37.1 Å². The van der Waals surface area contributed by atoms with Crippen molar-refractivity contribution in [3.63, 3.8) is 0 Å². The summed E-state index contributed by atoms with van der Waals surface area (Å²) in [4.78, 5) is 35.2. The van der Waals surface area contributed by atoms with Crippen LogP contribution >= 0.6 is 0 Å². The Hall–Kier alpha value is -3.12. The lowest BCUT2D eigenvalue weighted by molar-refractivity contribution is -0.151. The molecule has 1 aliphatic heterocycles. The molecule has 0 saturated heterocycles. The summed E-state index contributed by atoms with van der Waals surface area (Å²) in [5.41, 5.74) is 1.53. The topological polar surface area (TPSA) is 146 Å². The molecular formula is C27H40N6O5S. The van der Waals surface area contributed by atoms with Gasteiger partial charge in [0.25, 0.3) is 0 Å². The molecule has 1 saturated carbocycles. The monoisotopic (exact) mass is 560 g/mol. The molecule has 1 fully saturated rings. The van der Waals surface area contributed by atoms with Crippen LogP contribution in [0.2, 0.25) is 0 Å². The number of hydrogen-bond acceptors (Lipinski definition) is 8. The van der Waals surface area contributed by atoms with Crippen molar-refractivity contribution in [1.29, 1.82) is 0 Å². The Kier molecular flexibility index (Phi) is 9.84. The Bertz CT molecular complexity index is 1210. The Morgan fingerprint density at radius 2 is 2.05 bits per heavy atom. The zero-order valence-corrected chi connectivity index (χ0v) is 23.6. The summed E-state index contributed by atoms with van der Waals surface area (Å²) in [5.74, 6) is 0.101. The number of carbonyl (C=O) groups is 2. The van der Waals surface area contributed by atoms with Gasteiger partial charge in [0.15, 0.2) is 5.95 Å². The highest BCUT2D eigenvalue weighted by Gasteiger charge is 2.36. The molecule has 4 N–H and O–H groups in total. The van der Waals surface area contributed by atoms with Crippen LogP contribution in [-0.4, -0.2) is 73.5 Å². The molecule has 214 valence electrons. The van der Waals surface area contributed by atoms with E-state index in [1.165, 1.54) is 4.90 Å². The van der Waals surface area contributed by atoms with E-state index in [1.807, 2.05) is 6.07 Å². The third-order valence-electron chi connectivity index (χ3n) is 7.31. The quantitative estimate of drug-likeness (QED) is 0.216. The molecule has 39 heavy (non-hydrogen) atoms. The van der Waals surface area contributed by atoms with Crippen molar-refractivity contribution in [2.45, 2.75) is 75.8 Å². The van der Waals surface area contributed by atoms with E-state index in [4.69, 9.17) is 4.74 Å². The van der Waals surface area contributed by atoms with Gasteiger partial charge in [0.2, 0.25) is 15.9 Å². The van der Waals surface area contributed by atoms with Crippen molar-refractivity contribution in [2.75, 3.05) is 36.9 Å². The zero-order chi connectivity index (χ0) is 27.8. The van der Waals surface area contributed by atoms with E-state index in [9.17, 15) is 18.0 Å². The van der Waals surface area contributed by atoms with Gasteiger partial charge in [0.1, 0.15) is 17.5 Å². The van der Waals surface area contributed by atoms with Crippen LogP contribution in [0.3, 0.4) is 0 Å². The number of nitrogens with one attached hydrogen (secondary N) is 4. The Balaban J connectivity index is 1.57. The second-order valence-corrected chi connectivity index (χ2v) is 12.1. The number of fused-ring (bicyclic) bond motifs is 1. The highest BCUT2D eigenvalue weighted by Crippen LogP contribution is 2.32. The number of imidazole rings is 1. The number of amides is 1. The van der Waals surface area contributed by atoms with E-state index < -0.39 is 27.9 Å². The molecule has 0 spiro atoms. The molecule has 2 atom stereocenters. The van der Waals surface area contributed by atoms with Gasteiger partial charge in [-0.3, -0.25) is 9.59 Å². The van der Waals surface area contributed by atoms with E-state index in [2.05, 4.69) is 32.2 Å². The SMILES string of the molecule is CCOC(=O)CN(C(=O)[C@H](CCCNc1ncc[nH]1)NS(=O)(=O)c1cccc2c1NCC(C)C2)C1CCCC1. The number of carbonyl (C=O) groups excluding carboxylic acids is 2. The molecule has 2 aliphatic rings. The van der Waals surface area contributed by atoms with Gasteiger partial charge in [-0.2, -0.15) is 4.72 Å². The first-order valence-corrected chi connectivity index (χ1v) is 15.3. The van der Waals surface area contributed by atoms with Crippen LogP contribution in [0.15, 0.2) is 35.5 Å². The number of hydrogen-bond donors (Lipinski definition) is 4. The highest BCUT2D eigenvalue weighted by atomic mass is 32.2.